The van der Waals surface area contributed by atoms with Gasteiger partial charge < -0.3 is 32.3 Å². The fourth-order valence-electron chi connectivity index (χ4n) is 2.94. The van der Waals surface area contributed by atoms with E-state index in [4.69, 9.17) is 33.3 Å². The van der Waals surface area contributed by atoms with Crippen LogP contribution in [0.4, 0.5) is 17.5 Å². The molecule has 3 aromatic rings. The number of carboxylic acid groups (broad SMARTS) is 2. The summed E-state index contributed by atoms with van der Waals surface area (Å²) >= 11 is 6.25. The average Bonchev–Trinajstić information content (AvgIpc) is 2.72. The lowest BCUT2D eigenvalue weighted by Gasteiger charge is -2.14. The average molecular weight is 459 g/mol. The van der Waals surface area contributed by atoms with Gasteiger partial charge in [0.1, 0.15) is 11.9 Å². The molecule has 1 atom stereocenters. The molecule has 1 amide bonds. The summed E-state index contributed by atoms with van der Waals surface area (Å²) in [6.07, 6.45) is -0.748. The van der Waals surface area contributed by atoms with E-state index in [0.717, 1.165) is 5.56 Å². The molecule has 11 nitrogen and oxygen atoms in total. The van der Waals surface area contributed by atoms with Gasteiger partial charge in [-0.25, -0.2) is 9.78 Å². The monoisotopic (exact) mass is 458 g/mol. The summed E-state index contributed by atoms with van der Waals surface area (Å²) < 4.78 is 0. The lowest BCUT2D eigenvalue weighted by Crippen LogP contribution is -2.42. The van der Waals surface area contributed by atoms with E-state index in [1.165, 1.54) is 12.1 Å². The number of carbonyl (C=O) groups is 3. The standard InChI is InChI=1S/C20H19ClN6O5/c21-12-6-10(18(30)25-15(19(31)32)7-16(28)29)2-4-14(12)24-8-9-1-3-13-11(5-9)17(22)27-20(23)26-13/h1-6,15,24H,7-8H2,(H,25,30)(H,28,29)(H,31,32)(H4,22,23,26,27). The number of nitrogens with two attached hydrogens (primary N) is 2. The van der Waals surface area contributed by atoms with E-state index >= 15 is 0 Å². The fraction of sp³-hybridized carbons (Fsp3) is 0.150. The second-order valence-corrected chi connectivity index (χ2v) is 7.24. The lowest BCUT2D eigenvalue weighted by atomic mass is 10.1. The van der Waals surface area contributed by atoms with Crippen molar-refractivity contribution in [3.05, 3.63) is 52.5 Å². The van der Waals surface area contributed by atoms with Gasteiger partial charge in [-0.3, -0.25) is 9.59 Å². The number of halogens is 1. The van der Waals surface area contributed by atoms with Crippen molar-refractivity contribution in [2.45, 2.75) is 19.0 Å². The van der Waals surface area contributed by atoms with Crippen LogP contribution in [0.3, 0.4) is 0 Å². The van der Waals surface area contributed by atoms with E-state index in [0.29, 0.717) is 23.1 Å². The van der Waals surface area contributed by atoms with E-state index < -0.39 is 30.3 Å². The first kappa shape index (κ1) is 22.6. The van der Waals surface area contributed by atoms with Crippen LogP contribution in [0.1, 0.15) is 22.3 Å². The predicted molar refractivity (Wildman–Crippen MR) is 118 cm³/mol. The Morgan fingerprint density at radius 3 is 2.47 bits per heavy atom. The number of hydrogen-bond donors (Lipinski definition) is 6. The second kappa shape index (κ2) is 9.35. The number of nitrogens with zero attached hydrogens (tertiary/aromatic N) is 2. The van der Waals surface area contributed by atoms with Gasteiger partial charge in [0.15, 0.2) is 0 Å². The minimum Gasteiger partial charge on any atom is -0.481 e. The number of carbonyl (C=O) groups excluding carboxylic acids is 1. The van der Waals surface area contributed by atoms with Crippen LogP contribution in [-0.4, -0.2) is 44.1 Å². The number of aliphatic carboxylic acids is 2. The van der Waals surface area contributed by atoms with Gasteiger partial charge in [-0.1, -0.05) is 17.7 Å². The molecule has 12 heteroatoms. The minimum atomic E-state index is -1.56. The maximum atomic E-state index is 12.3. The molecule has 32 heavy (non-hydrogen) atoms. The predicted octanol–water partition coefficient (Wildman–Crippen LogP) is 1.72. The highest BCUT2D eigenvalue weighted by Crippen LogP contribution is 2.25. The van der Waals surface area contributed by atoms with Crippen molar-refractivity contribution >= 4 is 57.8 Å². The van der Waals surface area contributed by atoms with Crippen molar-refractivity contribution in [1.29, 1.82) is 0 Å². The van der Waals surface area contributed by atoms with Gasteiger partial charge in [0.05, 0.1) is 22.6 Å². The van der Waals surface area contributed by atoms with E-state index in [1.807, 2.05) is 12.1 Å². The Morgan fingerprint density at radius 2 is 1.81 bits per heavy atom. The zero-order chi connectivity index (χ0) is 23.4. The molecule has 1 heterocycles. The van der Waals surface area contributed by atoms with E-state index in [2.05, 4.69) is 20.6 Å². The highest BCUT2D eigenvalue weighted by Gasteiger charge is 2.23. The maximum absolute atomic E-state index is 12.3. The van der Waals surface area contributed by atoms with Gasteiger partial charge in [0, 0.05) is 17.5 Å². The summed E-state index contributed by atoms with van der Waals surface area (Å²) in [6, 6.07) is 8.23. The maximum Gasteiger partial charge on any atom is 0.326 e. The number of aromatic nitrogens is 2. The molecule has 0 aliphatic carbocycles. The van der Waals surface area contributed by atoms with Crippen LogP contribution < -0.4 is 22.1 Å². The molecule has 0 aliphatic rings. The summed E-state index contributed by atoms with van der Waals surface area (Å²) in [7, 11) is 0. The number of hydrogen-bond acceptors (Lipinski definition) is 8. The van der Waals surface area contributed by atoms with Gasteiger partial charge in [0.25, 0.3) is 5.91 Å². The Kier molecular flexibility index (Phi) is 6.59. The number of anilines is 3. The molecule has 0 spiro atoms. The normalized spacial score (nSPS) is 11.7. The topological polar surface area (TPSA) is 194 Å². The Hall–Kier alpha value is -4.12. The zero-order valence-electron chi connectivity index (χ0n) is 16.5. The SMILES string of the molecule is Nc1nc(N)c2cc(CNc3ccc(C(=O)NC(CC(=O)O)C(=O)O)cc3Cl)ccc2n1. The molecule has 0 aliphatic heterocycles. The molecule has 8 N–H and O–H groups in total. The van der Waals surface area contributed by atoms with E-state index in [1.54, 1.807) is 12.1 Å². The van der Waals surface area contributed by atoms with Crippen molar-refractivity contribution in [2.24, 2.45) is 0 Å². The molecule has 166 valence electrons. The number of amides is 1. The fourth-order valence-corrected chi connectivity index (χ4v) is 3.19. The number of fused-ring (bicyclic) bond motifs is 1. The summed E-state index contributed by atoms with van der Waals surface area (Å²) in [5.74, 6) is -3.19. The van der Waals surface area contributed by atoms with Crippen molar-refractivity contribution in [2.75, 3.05) is 16.8 Å². The molecular formula is C20H19ClN6O5. The van der Waals surface area contributed by atoms with Crippen molar-refractivity contribution in [3.8, 4) is 0 Å². The molecule has 0 radical (unpaired) electrons. The Balaban J connectivity index is 1.70. The minimum absolute atomic E-state index is 0.0883. The van der Waals surface area contributed by atoms with Crippen molar-refractivity contribution in [1.82, 2.24) is 15.3 Å². The Bertz CT molecular complexity index is 1220. The summed E-state index contributed by atoms with van der Waals surface area (Å²) in [5, 5.41) is 24.0. The summed E-state index contributed by atoms with van der Waals surface area (Å²) in [5.41, 5.74) is 13.6. The number of nitrogens with one attached hydrogen (secondary N) is 2. The number of rotatable bonds is 8. The van der Waals surface area contributed by atoms with Crippen LogP contribution in [0, 0.1) is 0 Å². The Morgan fingerprint density at radius 1 is 1.06 bits per heavy atom. The molecular weight excluding hydrogens is 440 g/mol. The second-order valence-electron chi connectivity index (χ2n) is 6.83. The first-order chi connectivity index (χ1) is 15.1. The van der Waals surface area contributed by atoms with Gasteiger partial charge in [-0.2, -0.15) is 4.98 Å². The zero-order valence-corrected chi connectivity index (χ0v) is 17.3. The summed E-state index contributed by atoms with van der Waals surface area (Å²) in [4.78, 5) is 42.2. The number of carboxylic acids is 2. The summed E-state index contributed by atoms with van der Waals surface area (Å²) in [6.45, 7) is 0.380. The van der Waals surface area contributed by atoms with E-state index in [9.17, 15) is 14.4 Å². The largest absolute Gasteiger partial charge is 0.481 e. The van der Waals surface area contributed by atoms with Gasteiger partial charge in [-0.15, -0.1) is 0 Å². The van der Waals surface area contributed by atoms with Crippen LogP contribution in [-0.2, 0) is 16.1 Å². The molecule has 3 rings (SSSR count). The Labute approximate surface area is 186 Å². The lowest BCUT2D eigenvalue weighted by molar-refractivity contribution is -0.145. The van der Waals surface area contributed by atoms with Crippen molar-refractivity contribution in [3.63, 3.8) is 0 Å². The molecule has 1 aromatic heterocycles. The van der Waals surface area contributed by atoms with Gasteiger partial charge in [0.2, 0.25) is 5.95 Å². The third-order valence-corrected chi connectivity index (χ3v) is 4.82. The highest BCUT2D eigenvalue weighted by atomic mass is 35.5. The third-order valence-electron chi connectivity index (χ3n) is 4.50. The smallest absolute Gasteiger partial charge is 0.326 e. The van der Waals surface area contributed by atoms with Gasteiger partial charge >= 0.3 is 11.9 Å². The van der Waals surface area contributed by atoms with Crippen LogP contribution in [0.2, 0.25) is 5.02 Å². The number of nitrogen functional groups attached to an aromatic ring is 2. The van der Waals surface area contributed by atoms with Gasteiger partial charge in [-0.05, 0) is 35.9 Å². The molecule has 0 saturated carbocycles. The van der Waals surface area contributed by atoms with E-state index in [-0.39, 0.29) is 22.4 Å². The van der Waals surface area contributed by atoms with Crippen LogP contribution >= 0.6 is 11.6 Å². The molecule has 2 aromatic carbocycles. The molecule has 0 bridgehead atoms. The van der Waals surface area contributed by atoms with Crippen molar-refractivity contribution < 1.29 is 24.6 Å². The molecule has 1 unspecified atom stereocenters. The molecule has 0 saturated heterocycles. The number of benzene rings is 2. The third kappa shape index (κ3) is 5.32. The van der Waals surface area contributed by atoms with Crippen LogP contribution in [0.15, 0.2) is 36.4 Å². The van der Waals surface area contributed by atoms with Crippen LogP contribution in [0.25, 0.3) is 10.9 Å². The quantitative estimate of drug-likeness (QED) is 0.289. The van der Waals surface area contributed by atoms with Crippen LogP contribution in [0.5, 0.6) is 0 Å². The first-order valence-electron chi connectivity index (χ1n) is 9.24. The highest BCUT2D eigenvalue weighted by molar-refractivity contribution is 6.33. The first-order valence-corrected chi connectivity index (χ1v) is 9.62. The molecule has 0 fully saturated rings.